The van der Waals surface area contributed by atoms with Crippen LogP contribution < -0.4 is 5.19 Å². The lowest BCUT2D eigenvalue weighted by Crippen LogP contribution is -2.55. The van der Waals surface area contributed by atoms with E-state index in [4.69, 9.17) is 13.6 Å². The smallest absolute Gasteiger partial charge is 0.499 e. The molecule has 0 fully saturated rings. The highest BCUT2D eigenvalue weighted by Crippen LogP contribution is 2.20. The zero-order valence-corrected chi connectivity index (χ0v) is 18.4. The molecule has 0 aliphatic carbocycles. The van der Waals surface area contributed by atoms with Crippen LogP contribution in [0.2, 0.25) is 6.04 Å². The van der Waals surface area contributed by atoms with Crippen LogP contribution in [-0.2, 0) is 23.2 Å². The molecule has 2 N–H and O–H groups in total. The lowest BCUT2D eigenvalue weighted by atomic mass is 10.2. The van der Waals surface area contributed by atoms with Crippen LogP contribution in [0.1, 0.15) is 37.0 Å². The Kier molecular flexibility index (Phi) is 8.77. The lowest BCUT2D eigenvalue weighted by molar-refractivity contribution is -0.138. The van der Waals surface area contributed by atoms with Crippen molar-refractivity contribution in [1.82, 2.24) is 0 Å². The van der Waals surface area contributed by atoms with E-state index in [2.05, 4.69) is 0 Å². The average molecular weight is 447 g/mol. The summed E-state index contributed by atoms with van der Waals surface area (Å²) in [5.74, 6) is -1.70. The molecule has 0 heterocycles. The Bertz CT molecular complexity index is 866. The summed E-state index contributed by atoms with van der Waals surface area (Å²) in [5.41, 5.74) is 0.255. The molecule has 1 atom stereocenters. The fraction of sp³-hybridized carbons (Fsp3) is 0.318. The van der Waals surface area contributed by atoms with Gasteiger partial charge in [-0.1, -0.05) is 30.3 Å². The van der Waals surface area contributed by atoms with Crippen LogP contribution in [-0.4, -0.2) is 49.4 Å². The maximum absolute atomic E-state index is 12.0. The number of aliphatic hydroxyl groups is 1. The van der Waals surface area contributed by atoms with Crippen LogP contribution in [0.5, 0.6) is 5.75 Å². The van der Waals surface area contributed by atoms with Crippen LogP contribution in [0.4, 0.5) is 0 Å². The third-order valence-corrected chi connectivity index (χ3v) is 7.84. The van der Waals surface area contributed by atoms with E-state index in [9.17, 15) is 24.6 Å². The van der Waals surface area contributed by atoms with E-state index in [0.29, 0.717) is 11.6 Å². The molecule has 0 aliphatic heterocycles. The third-order valence-electron chi connectivity index (χ3n) is 4.38. The zero-order chi connectivity index (χ0) is 22.9. The average Bonchev–Trinajstić information content (AvgIpc) is 2.72. The van der Waals surface area contributed by atoms with Gasteiger partial charge in [-0.05, 0) is 37.1 Å². The van der Waals surface area contributed by atoms with Gasteiger partial charge in [0.25, 0.3) is 11.9 Å². The Labute approximate surface area is 181 Å². The van der Waals surface area contributed by atoms with Crippen molar-refractivity contribution < 1.29 is 38.2 Å². The molecule has 2 rings (SSSR count). The van der Waals surface area contributed by atoms with Crippen molar-refractivity contribution >= 4 is 31.7 Å². The van der Waals surface area contributed by atoms with Crippen molar-refractivity contribution in [2.75, 3.05) is 6.61 Å². The zero-order valence-electron chi connectivity index (χ0n) is 17.4. The predicted molar refractivity (Wildman–Crippen MR) is 114 cm³/mol. The topological polar surface area (TPSA) is 119 Å². The van der Waals surface area contributed by atoms with Crippen LogP contribution >= 0.6 is 0 Å². The van der Waals surface area contributed by atoms with Gasteiger partial charge in [0.1, 0.15) is 12.4 Å². The minimum absolute atomic E-state index is 0.0308. The van der Waals surface area contributed by atoms with Crippen LogP contribution in [0.25, 0.3) is 0 Å². The van der Waals surface area contributed by atoms with E-state index in [0.717, 1.165) is 0 Å². The number of hydrogen-bond acceptors (Lipinski definition) is 8. The predicted octanol–water partition coefficient (Wildman–Crippen LogP) is 2.17. The summed E-state index contributed by atoms with van der Waals surface area (Å²) in [6, 6.07) is 14.6. The molecule has 0 spiro atoms. The van der Waals surface area contributed by atoms with Crippen molar-refractivity contribution in [3.05, 3.63) is 60.2 Å². The van der Waals surface area contributed by atoms with Gasteiger partial charge in [0, 0.05) is 25.1 Å². The second kappa shape index (κ2) is 11.3. The molecule has 2 aromatic rings. The molecule has 0 aliphatic rings. The molecular weight excluding hydrogens is 420 g/mol. The SMILES string of the molecule is CC(=O)O[Si](CCCC(O)COC(=O)c1ccc(O)cc1)(OC(C)=O)c1ccccc1. The van der Waals surface area contributed by atoms with Gasteiger partial charge < -0.3 is 23.8 Å². The molecule has 0 radical (unpaired) electrons. The molecule has 166 valence electrons. The molecular formula is C22H26O8Si. The number of carbonyl (C=O) groups excluding carboxylic acids is 3. The van der Waals surface area contributed by atoms with E-state index in [1.54, 1.807) is 30.3 Å². The lowest BCUT2D eigenvalue weighted by Gasteiger charge is -2.29. The first-order valence-electron chi connectivity index (χ1n) is 9.81. The van der Waals surface area contributed by atoms with E-state index in [-0.39, 0.29) is 30.4 Å². The maximum atomic E-state index is 12.0. The molecule has 8 nitrogen and oxygen atoms in total. The molecule has 1 unspecified atom stereocenters. The van der Waals surface area contributed by atoms with Gasteiger partial charge >= 0.3 is 14.5 Å². The fourth-order valence-electron chi connectivity index (χ4n) is 3.05. The third kappa shape index (κ3) is 7.54. The second-order valence-electron chi connectivity index (χ2n) is 7.00. The van der Waals surface area contributed by atoms with Crippen molar-refractivity contribution in [2.24, 2.45) is 0 Å². The molecule has 0 saturated heterocycles. The molecule has 31 heavy (non-hydrogen) atoms. The summed E-state index contributed by atoms with van der Waals surface area (Å²) in [6.07, 6.45) is -0.328. The van der Waals surface area contributed by atoms with Gasteiger partial charge in [0.2, 0.25) is 0 Å². The van der Waals surface area contributed by atoms with Gasteiger partial charge in [0.05, 0.1) is 11.7 Å². The normalized spacial score (nSPS) is 12.0. The van der Waals surface area contributed by atoms with E-state index < -0.39 is 32.6 Å². The first-order chi connectivity index (χ1) is 14.7. The van der Waals surface area contributed by atoms with Crippen molar-refractivity contribution in [1.29, 1.82) is 0 Å². The second-order valence-corrected chi connectivity index (χ2v) is 9.99. The molecule has 0 saturated carbocycles. The number of carbonyl (C=O) groups is 3. The van der Waals surface area contributed by atoms with Gasteiger partial charge in [0.15, 0.2) is 0 Å². The number of rotatable bonds is 10. The molecule has 9 heteroatoms. The highest BCUT2D eigenvalue weighted by molar-refractivity contribution is 6.83. The van der Waals surface area contributed by atoms with Crippen molar-refractivity contribution in [3.8, 4) is 5.75 Å². The van der Waals surface area contributed by atoms with Gasteiger partial charge in [-0.15, -0.1) is 0 Å². The summed E-state index contributed by atoms with van der Waals surface area (Å²) >= 11 is 0. The maximum Gasteiger partial charge on any atom is 0.499 e. The first kappa shape index (κ1) is 24.1. The first-order valence-corrected chi connectivity index (χ1v) is 11.8. The molecule has 0 amide bonds. The standard InChI is InChI=1S/C22H26O8Si/c1-16(23)29-31(30-17(2)24,21-8-4-3-5-9-21)14-6-7-20(26)15-28-22(27)18-10-12-19(25)13-11-18/h3-5,8-13,20,25-26H,6-7,14-15H2,1-2H3. The number of aromatic hydroxyl groups is 1. The van der Waals surface area contributed by atoms with Gasteiger partial charge in [-0.25, -0.2) is 4.79 Å². The van der Waals surface area contributed by atoms with Crippen molar-refractivity contribution in [2.45, 2.75) is 38.8 Å². The molecule has 2 aromatic carbocycles. The van der Waals surface area contributed by atoms with Crippen molar-refractivity contribution in [3.63, 3.8) is 0 Å². The molecule has 0 bridgehead atoms. The Hall–Kier alpha value is -3.17. The fourth-order valence-corrected chi connectivity index (χ4v) is 6.12. The largest absolute Gasteiger partial charge is 0.508 e. The van der Waals surface area contributed by atoms with Gasteiger partial charge in [-0.2, -0.15) is 0 Å². The number of phenolic OH excluding ortho intramolecular Hbond substituents is 1. The van der Waals surface area contributed by atoms with Crippen LogP contribution in [0.3, 0.4) is 0 Å². The minimum Gasteiger partial charge on any atom is -0.508 e. The van der Waals surface area contributed by atoms with E-state index >= 15 is 0 Å². The number of esters is 1. The minimum atomic E-state index is -3.41. The Morgan fingerprint density at radius 3 is 2.06 bits per heavy atom. The Morgan fingerprint density at radius 1 is 0.935 bits per heavy atom. The summed E-state index contributed by atoms with van der Waals surface area (Å²) in [5, 5.41) is 20.1. The monoisotopic (exact) mass is 446 g/mol. The summed E-state index contributed by atoms with van der Waals surface area (Å²) in [7, 11) is -3.41. The number of benzene rings is 2. The van der Waals surface area contributed by atoms with Gasteiger partial charge in [-0.3, -0.25) is 9.59 Å². The van der Waals surface area contributed by atoms with Crippen LogP contribution in [0.15, 0.2) is 54.6 Å². The number of aliphatic hydroxyl groups excluding tert-OH is 1. The number of phenols is 1. The number of ether oxygens (including phenoxy) is 1. The molecule has 0 aromatic heterocycles. The highest BCUT2D eigenvalue weighted by Gasteiger charge is 2.46. The quantitative estimate of drug-likeness (QED) is 0.421. The highest BCUT2D eigenvalue weighted by atomic mass is 28.4. The summed E-state index contributed by atoms with van der Waals surface area (Å²) in [6.45, 7) is 2.29. The van der Waals surface area contributed by atoms with E-state index in [1.807, 2.05) is 0 Å². The number of hydrogen-bond donors (Lipinski definition) is 2. The Morgan fingerprint density at radius 2 is 1.52 bits per heavy atom. The van der Waals surface area contributed by atoms with E-state index in [1.165, 1.54) is 38.1 Å². The van der Waals surface area contributed by atoms with Crippen LogP contribution in [0, 0.1) is 0 Å². The summed E-state index contributed by atoms with van der Waals surface area (Å²) < 4.78 is 16.2. The Balaban J connectivity index is 1.97. The summed E-state index contributed by atoms with van der Waals surface area (Å²) in [4.78, 5) is 35.5.